The normalized spacial score (nSPS) is 14.4. The van der Waals surface area contributed by atoms with Crippen LogP contribution in [-0.2, 0) is 16.1 Å². The van der Waals surface area contributed by atoms with Gasteiger partial charge in [-0.1, -0.05) is 18.2 Å². The first-order chi connectivity index (χ1) is 12.5. The van der Waals surface area contributed by atoms with Gasteiger partial charge in [-0.3, -0.25) is 9.59 Å². The van der Waals surface area contributed by atoms with Crippen molar-refractivity contribution in [3.8, 4) is 5.75 Å². The van der Waals surface area contributed by atoms with E-state index in [1.165, 1.54) is 6.07 Å². The summed E-state index contributed by atoms with van der Waals surface area (Å²) >= 11 is 0. The zero-order chi connectivity index (χ0) is 18.7. The van der Waals surface area contributed by atoms with Crippen LogP contribution in [0.15, 0.2) is 42.5 Å². The molecule has 0 unspecified atom stereocenters. The summed E-state index contributed by atoms with van der Waals surface area (Å²) in [7, 11) is 1.56. The molecular formula is C19H18F2N2O3. The Kier molecular flexibility index (Phi) is 4.88. The summed E-state index contributed by atoms with van der Waals surface area (Å²) in [6, 6.07) is 10.4. The topological polar surface area (TPSA) is 67.4 Å². The average Bonchev–Trinajstić information content (AvgIpc) is 3.45. The van der Waals surface area contributed by atoms with E-state index in [0.29, 0.717) is 18.6 Å². The van der Waals surface area contributed by atoms with Crippen LogP contribution in [0.4, 0.5) is 14.5 Å². The molecule has 3 rings (SSSR count). The van der Waals surface area contributed by atoms with Crippen LogP contribution in [0, 0.1) is 17.0 Å². The second kappa shape index (κ2) is 7.11. The lowest BCUT2D eigenvalue weighted by molar-refractivity contribution is -0.134. The SMILES string of the molecule is COc1ccc(CNC(=O)C2(C(=O)Nc3c(F)cccc3F)CC2)cc1. The van der Waals surface area contributed by atoms with Gasteiger partial charge in [-0.05, 0) is 42.7 Å². The van der Waals surface area contributed by atoms with Gasteiger partial charge in [0.1, 0.15) is 28.5 Å². The second-order valence-corrected chi connectivity index (χ2v) is 6.16. The zero-order valence-corrected chi connectivity index (χ0v) is 14.1. The number of para-hydroxylation sites is 1. The molecule has 136 valence electrons. The van der Waals surface area contributed by atoms with E-state index in [4.69, 9.17) is 4.74 Å². The molecule has 0 spiro atoms. The standard InChI is InChI=1S/C19H18F2N2O3/c1-26-13-7-5-12(6-8-13)11-22-17(24)19(9-10-19)18(25)23-16-14(20)3-2-4-15(16)21/h2-8H,9-11H2,1H3,(H,22,24)(H,23,25). The van der Waals surface area contributed by atoms with Crippen molar-refractivity contribution in [2.24, 2.45) is 5.41 Å². The predicted molar refractivity (Wildman–Crippen MR) is 91.5 cm³/mol. The maximum Gasteiger partial charge on any atom is 0.240 e. The Morgan fingerprint density at radius 1 is 1.04 bits per heavy atom. The number of ether oxygens (including phenoxy) is 1. The summed E-state index contributed by atoms with van der Waals surface area (Å²) in [5.41, 5.74) is -0.969. The third-order valence-corrected chi connectivity index (χ3v) is 4.43. The summed E-state index contributed by atoms with van der Waals surface area (Å²) in [4.78, 5) is 24.9. The fraction of sp³-hybridized carbons (Fsp3) is 0.263. The van der Waals surface area contributed by atoms with Crippen LogP contribution in [0.3, 0.4) is 0 Å². The number of hydrogen-bond donors (Lipinski definition) is 2. The number of hydrogen-bond acceptors (Lipinski definition) is 3. The van der Waals surface area contributed by atoms with Gasteiger partial charge in [-0.2, -0.15) is 0 Å². The molecular weight excluding hydrogens is 342 g/mol. The first-order valence-electron chi connectivity index (χ1n) is 8.13. The third-order valence-electron chi connectivity index (χ3n) is 4.43. The highest BCUT2D eigenvalue weighted by Gasteiger charge is 2.56. The summed E-state index contributed by atoms with van der Waals surface area (Å²) < 4.78 is 32.4. The molecule has 0 aliphatic heterocycles. The molecule has 1 aliphatic rings. The van der Waals surface area contributed by atoms with Crippen molar-refractivity contribution in [2.45, 2.75) is 19.4 Å². The Balaban J connectivity index is 1.63. The van der Waals surface area contributed by atoms with Crippen molar-refractivity contribution in [3.63, 3.8) is 0 Å². The quantitative estimate of drug-likeness (QED) is 0.778. The highest BCUT2D eigenvalue weighted by molar-refractivity contribution is 6.13. The number of rotatable bonds is 6. The molecule has 0 aromatic heterocycles. The van der Waals surface area contributed by atoms with Crippen LogP contribution in [0.2, 0.25) is 0 Å². The van der Waals surface area contributed by atoms with Crippen molar-refractivity contribution in [1.82, 2.24) is 5.32 Å². The molecule has 1 saturated carbocycles. The number of nitrogens with one attached hydrogen (secondary N) is 2. The number of carbonyl (C=O) groups excluding carboxylic acids is 2. The molecule has 26 heavy (non-hydrogen) atoms. The van der Waals surface area contributed by atoms with Crippen molar-refractivity contribution in [1.29, 1.82) is 0 Å². The maximum atomic E-state index is 13.7. The fourth-order valence-corrected chi connectivity index (χ4v) is 2.63. The van der Waals surface area contributed by atoms with Gasteiger partial charge in [0.15, 0.2) is 0 Å². The number of anilines is 1. The number of carbonyl (C=O) groups is 2. The lowest BCUT2D eigenvalue weighted by atomic mass is 10.0. The van der Waals surface area contributed by atoms with Gasteiger partial charge in [-0.25, -0.2) is 8.78 Å². The summed E-state index contributed by atoms with van der Waals surface area (Å²) in [5, 5.41) is 4.92. The molecule has 0 atom stereocenters. The van der Waals surface area contributed by atoms with Crippen molar-refractivity contribution >= 4 is 17.5 Å². The second-order valence-electron chi connectivity index (χ2n) is 6.16. The first-order valence-corrected chi connectivity index (χ1v) is 8.13. The number of halogens is 2. The smallest absolute Gasteiger partial charge is 0.240 e. The summed E-state index contributed by atoms with van der Waals surface area (Å²) in [6.07, 6.45) is 0.673. The Bertz CT molecular complexity index is 813. The van der Waals surface area contributed by atoms with Crippen LogP contribution in [0.25, 0.3) is 0 Å². The van der Waals surface area contributed by atoms with E-state index >= 15 is 0 Å². The number of methoxy groups -OCH3 is 1. The molecule has 2 N–H and O–H groups in total. The van der Waals surface area contributed by atoms with Gasteiger partial charge in [0.2, 0.25) is 11.8 Å². The molecule has 1 aliphatic carbocycles. The maximum absolute atomic E-state index is 13.7. The van der Waals surface area contributed by atoms with E-state index in [1.807, 2.05) is 0 Å². The molecule has 7 heteroatoms. The molecule has 0 bridgehead atoms. The number of benzene rings is 2. The van der Waals surface area contributed by atoms with Gasteiger partial charge in [-0.15, -0.1) is 0 Å². The van der Waals surface area contributed by atoms with Crippen LogP contribution in [0.5, 0.6) is 5.75 Å². The molecule has 0 saturated heterocycles. The van der Waals surface area contributed by atoms with Crippen LogP contribution in [-0.4, -0.2) is 18.9 Å². The molecule has 2 aromatic rings. The zero-order valence-electron chi connectivity index (χ0n) is 14.1. The Morgan fingerprint density at radius 2 is 1.65 bits per heavy atom. The van der Waals surface area contributed by atoms with Crippen LogP contribution < -0.4 is 15.4 Å². The summed E-state index contributed by atoms with van der Waals surface area (Å²) in [6.45, 7) is 0.242. The Labute approximate surface area is 149 Å². The largest absolute Gasteiger partial charge is 0.497 e. The van der Waals surface area contributed by atoms with Gasteiger partial charge in [0, 0.05) is 6.54 Å². The van der Waals surface area contributed by atoms with Gasteiger partial charge in [0.25, 0.3) is 0 Å². The van der Waals surface area contributed by atoms with Crippen LogP contribution in [0.1, 0.15) is 18.4 Å². The summed E-state index contributed by atoms with van der Waals surface area (Å²) in [5.74, 6) is -2.22. The van der Waals surface area contributed by atoms with Crippen molar-refractivity contribution in [3.05, 3.63) is 59.7 Å². The minimum Gasteiger partial charge on any atom is -0.497 e. The molecule has 0 radical (unpaired) electrons. The lowest BCUT2D eigenvalue weighted by Gasteiger charge is -2.16. The van der Waals surface area contributed by atoms with Gasteiger partial charge < -0.3 is 15.4 Å². The Morgan fingerprint density at radius 3 is 2.19 bits per heavy atom. The van der Waals surface area contributed by atoms with E-state index in [0.717, 1.165) is 17.7 Å². The molecule has 0 heterocycles. The van der Waals surface area contributed by atoms with Crippen molar-refractivity contribution in [2.75, 3.05) is 12.4 Å². The van der Waals surface area contributed by atoms with E-state index in [9.17, 15) is 18.4 Å². The van der Waals surface area contributed by atoms with Gasteiger partial charge >= 0.3 is 0 Å². The number of amides is 2. The fourth-order valence-electron chi connectivity index (χ4n) is 2.63. The van der Waals surface area contributed by atoms with E-state index in [-0.39, 0.29) is 6.54 Å². The van der Waals surface area contributed by atoms with E-state index < -0.39 is 34.6 Å². The Hall–Kier alpha value is -2.96. The monoisotopic (exact) mass is 360 g/mol. The predicted octanol–water partition coefficient (Wildman–Crippen LogP) is 3.01. The molecule has 5 nitrogen and oxygen atoms in total. The lowest BCUT2D eigenvalue weighted by Crippen LogP contribution is -2.39. The third kappa shape index (κ3) is 3.51. The van der Waals surface area contributed by atoms with Gasteiger partial charge in [0.05, 0.1) is 7.11 Å². The molecule has 1 fully saturated rings. The average molecular weight is 360 g/mol. The minimum atomic E-state index is -1.28. The van der Waals surface area contributed by atoms with Crippen LogP contribution >= 0.6 is 0 Å². The molecule has 2 amide bonds. The first kappa shape index (κ1) is 17.8. The highest BCUT2D eigenvalue weighted by atomic mass is 19.1. The van der Waals surface area contributed by atoms with E-state index in [1.54, 1.807) is 31.4 Å². The van der Waals surface area contributed by atoms with Crippen molar-refractivity contribution < 1.29 is 23.1 Å². The van der Waals surface area contributed by atoms with E-state index in [2.05, 4.69) is 10.6 Å². The highest BCUT2D eigenvalue weighted by Crippen LogP contribution is 2.47. The minimum absolute atomic E-state index is 0.242. The molecule has 2 aromatic carbocycles.